The minimum absolute atomic E-state index is 0.212. The minimum Gasteiger partial charge on any atom is -0.247 e. The summed E-state index contributed by atoms with van der Waals surface area (Å²) in [6.07, 6.45) is 4.27. The molecule has 0 heterocycles. The second-order valence-corrected chi connectivity index (χ2v) is 4.49. The van der Waals surface area contributed by atoms with Crippen molar-refractivity contribution in [1.29, 1.82) is 0 Å². The van der Waals surface area contributed by atoms with Crippen LogP contribution in [-0.4, -0.2) is 5.97 Å². The van der Waals surface area contributed by atoms with Gasteiger partial charge in [0.15, 0.2) is 0 Å². The molecule has 2 nitrogen and oxygen atoms in total. The number of unbranched alkanes of at least 4 members (excludes halogenated alkanes) is 2. The molecule has 1 radical (unpaired) electrons. The maximum absolute atomic E-state index is 10.0. The Morgan fingerprint density at radius 2 is 1.67 bits per heavy atom. The summed E-state index contributed by atoms with van der Waals surface area (Å²) in [4.78, 5) is 10.0. The van der Waals surface area contributed by atoms with Crippen LogP contribution in [0.15, 0.2) is 0 Å². The van der Waals surface area contributed by atoms with Crippen LogP contribution in [0.4, 0.5) is 0 Å². The Kier molecular flexibility index (Phi) is 4.95. The van der Waals surface area contributed by atoms with E-state index in [4.69, 9.17) is 0 Å². The number of hydrogen-bond acceptors (Lipinski definition) is 1. The Balaban J connectivity index is 3.17. The van der Waals surface area contributed by atoms with Gasteiger partial charge in [0.05, 0.1) is 6.42 Å². The van der Waals surface area contributed by atoms with Crippen molar-refractivity contribution in [3.8, 4) is 0 Å². The highest BCUT2D eigenvalue weighted by Gasteiger charge is 2.09. The van der Waals surface area contributed by atoms with E-state index in [1.807, 2.05) is 0 Å². The SMILES string of the molecule is CC(C)(C)CCCCCC([O])=O. The van der Waals surface area contributed by atoms with Crippen molar-refractivity contribution in [3.63, 3.8) is 0 Å². The average Bonchev–Trinajstić information content (AvgIpc) is 1.83. The fourth-order valence-corrected chi connectivity index (χ4v) is 1.10. The van der Waals surface area contributed by atoms with Gasteiger partial charge >= 0.3 is 5.97 Å². The lowest BCUT2D eigenvalue weighted by Crippen LogP contribution is -2.04. The van der Waals surface area contributed by atoms with Crippen LogP contribution in [0.2, 0.25) is 0 Å². The van der Waals surface area contributed by atoms with Gasteiger partial charge in [-0.15, -0.1) is 0 Å². The first-order chi connectivity index (χ1) is 5.42. The van der Waals surface area contributed by atoms with E-state index in [1.165, 1.54) is 6.42 Å². The van der Waals surface area contributed by atoms with Crippen LogP contribution in [0.1, 0.15) is 52.9 Å². The normalized spacial score (nSPS) is 11.6. The van der Waals surface area contributed by atoms with Crippen LogP contribution in [0.25, 0.3) is 0 Å². The van der Waals surface area contributed by atoms with E-state index in [9.17, 15) is 9.90 Å². The van der Waals surface area contributed by atoms with Gasteiger partial charge in [0, 0.05) is 0 Å². The molecule has 0 aromatic heterocycles. The summed E-state index contributed by atoms with van der Waals surface area (Å²) in [6, 6.07) is 0. The molecule has 0 amide bonds. The van der Waals surface area contributed by atoms with Gasteiger partial charge in [0.2, 0.25) is 0 Å². The Morgan fingerprint density at radius 3 is 2.08 bits per heavy atom. The van der Waals surface area contributed by atoms with E-state index in [2.05, 4.69) is 20.8 Å². The van der Waals surface area contributed by atoms with Crippen LogP contribution >= 0.6 is 0 Å². The van der Waals surface area contributed by atoms with Crippen LogP contribution < -0.4 is 0 Å². The number of rotatable bonds is 5. The van der Waals surface area contributed by atoms with Crippen molar-refractivity contribution in [3.05, 3.63) is 0 Å². The monoisotopic (exact) mass is 171 g/mol. The topological polar surface area (TPSA) is 37.0 Å². The zero-order valence-corrected chi connectivity index (χ0v) is 8.35. The predicted molar refractivity (Wildman–Crippen MR) is 48.2 cm³/mol. The Labute approximate surface area is 75.0 Å². The van der Waals surface area contributed by atoms with E-state index < -0.39 is 5.97 Å². The number of hydrogen-bond donors (Lipinski definition) is 0. The third kappa shape index (κ3) is 9.47. The molecular weight excluding hydrogens is 152 g/mol. The van der Waals surface area contributed by atoms with Gasteiger partial charge in [0.1, 0.15) is 0 Å². The predicted octanol–water partition coefficient (Wildman–Crippen LogP) is 2.94. The van der Waals surface area contributed by atoms with Crippen molar-refractivity contribution in [2.45, 2.75) is 52.9 Å². The van der Waals surface area contributed by atoms with Crippen molar-refractivity contribution in [1.82, 2.24) is 0 Å². The lowest BCUT2D eigenvalue weighted by atomic mass is 9.89. The van der Waals surface area contributed by atoms with Gasteiger partial charge < -0.3 is 0 Å². The first kappa shape index (κ1) is 11.5. The lowest BCUT2D eigenvalue weighted by Gasteiger charge is -2.17. The quantitative estimate of drug-likeness (QED) is 0.586. The van der Waals surface area contributed by atoms with E-state index >= 15 is 0 Å². The van der Waals surface area contributed by atoms with Gasteiger partial charge in [-0.2, -0.15) is 0 Å². The fraction of sp³-hybridized carbons (Fsp3) is 0.900. The van der Waals surface area contributed by atoms with Crippen LogP contribution in [0.5, 0.6) is 0 Å². The summed E-state index contributed by atoms with van der Waals surface area (Å²) in [5.41, 5.74) is 0.376. The molecule has 0 aliphatic carbocycles. The molecule has 12 heavy (non-hydrogen) atoms. The molecule has 0 aromatic carbocycles. The van der Waals surface area contributed by atoms with Crippen LogP contribution in [-0.2, 0) is 9.90 Å². The largest absolute Gasteiger partial charge is 0.355 e. The summed E-state index contributed by atoms with van der Waals surface area (Å²) in [6.45, 7) is 6.60. The Hall–Kier alpha value is -0.530. The van der Waals surface area contributed by atoms with Crippen molar-refractivity contribution in [2.75, 3.05) is 0 Å². The summed E-state index contributed by atoms with van der Waals surface area (Å²) < 4.78 is 0. The Bertz CT molecular complexity index is 133. The molecule has 0 spiro atoms. The molecule has 0 aliphatic rings. The van der Waals surface area contributed by atoms with Crippen molar-refractivity contribution >= 4 is 5.97 Å². The third-order valence-electron chi connectivity index (χ3n) is 1.81. The highest BCUT2D eigenvalue weighted by Crippen LogP contribution is 2.22. The van der Waals surface area contributed by atoms with Crippen LogP contribution in [0.3, 0.4) is 0 Å². The summed E-state index contributed by atoms with van der Waals surface area (Å²) in [7, 11) is 0. The highest BCUT2D eigenvalue weighted by atomic mass is 16.4. The summed E-state index contributed by atoms with van der Waals surface area (Å²) in [5, 5.41) is 10.0. The van der Waals surface area contributed by atoms with E-state index in [0.29, 0.717) is 5.41 Å². The molecule has 0 bridgehead atoms. The van der Waals surface area contributed by atoms with E-state index in [1.54, 1.807) is 0 Å². The molecule has 0 saturated carbocycles. The molecule has 0 unspecified atom stereocenters. The summed E-state index contributed by atoms with van der Waals surface area (Å²) in [5.74, 6) is -0.925. The zero-order chi connectivity index (χ0) is 9.61. The van der Waals surface area contributed by atoms with E-state index in [0.717, 1.165) is 19.3 Å². The van der Waals surface area contributed by atoms with Crippen molar-refractivity contribution in [2.24, 2.45) is 5.41 Å². The molecule has 0 saturated heterocycles. The molecule has 0 atom stereocenters. The zero-order valence-electron chi connectivity index (χ0n) is 8.35. The van der Waals surface area contributed by atoms with Gasteiger partial charge in [-0.25, -0.2) is 9.90 Å². The highest BCUT2D eigenvalue weighted by molar-refractivity contribution is 5.66. The third-order valence-corrected chi connectivity index (χ3v) is 1.81. The molecular formula is C10H19O2. The average molecular weight is 171 g/mol. The van der Waals surface area contributed by atoms with Crippen LogP contribution in [0, 0.1) is 5.41 Å². The number of carbonyl (C=O) groups is 1. The van der Waals surface area contributed by atoms with Gasteiger partial charge in [0.25, 0.3) is 0 Å². The second-order valence-electron chi connectivity index (χ2n) is 4.49. The molecule has 0 aliphatic heterocycles. The number of carbonyl (C=O) groups excluding carboxylic acids is 1. The minimum atomic E-state index is -0.925. The molecule has 0 N–H and O–H groups in total. The van der Waals surface area contributed by atoms with Gasteiger partial charge in [-0.05, 0) is 18.3 Å². The maximum Gasteiger partial charge on any atom is 0.355 e. The van der Waals surface area contributed by atoms with Crippen molar-refractivity contribution < 1.29 is 9.90 Å². The summed E-state index contributed by atoms with van der Waals surface area (Å²) >= 11 is 0. The van der Waals surface area contributed by atoms with E-state index in [-0.39, 0.29) is 6.42 Å². The maximum atomic E-state index is 10.0. The van der Waals surface area contributed by atoms with Gasteiger partial charge in [-0.1, -0.05) is 33.6 Å². The molecule has 0 rings (SSSR count). The fourth-order valence-electron chi connectivity index (χ4n) is 1.10. The smallest absolute Gasteiger partial charge is 0.247 e. The second kappa shape index (κ2) is 5.18. The first-order valence-electron chi connectivity index (χ1n) is 4.62. The lowest BCUT2D eigenvalue weighted by molar-refractivity contribution is -0.143. The van der Waals surface area contributed by atoms with Gasteiger partial charge in [-0.3, -0.25) is 0 Å². The molecule has 0 fully saturated rings. The molecule has 2 heteroatoms. The first-order valence-corrected chi connectivity index (χ1v) is 4.62. The molecule has 0 aromatic rings. The standard InChI is InChI=1S/C10H19O2/c1-10(2,3)8-6-4-5-7-9(11)12/h4-8H2,1-3H3. The Morgan fingerprint density at radius 1 is 1.08 bits per heavy atom. The molecule has 71 valence electrons.